The van der Waals surface area contributed by atoms with E-state index in [0.717, 1.165) is 13.1 Å². The van der Waals surface area contributed by atoms with Crippen LogP contribution in [0.1, 0.15) is 41.7 Å². The van der Waals surface area contributed by atoms with E-state index in [1.165, 1.54) is 34.7 Å². The molecule has 174 valence electrons. The van der Waals surface area contributed by atoms with Gasteiger partial charge < -0.3 is 4.74 Å². The van der Waals surface area contributed by atoms with E-state index in [1.807, 2.05) is 12.1 Å². The second-order valence-corrected chi connectivity index (χ2v) is 10.2. The molecule has 0 spiro atoms. The lowest BCUT2D eigenvalue weighted by Gasteiger charge is -2.30. The first-order chi connectivity index (χ1) is 15.4. The normalized spacial score (nSPS) is 18.2. The maximum atomic E-state index is 13.7. The highest BCUT2D eigenvalue weighted by Gasteiger charge is 2.28. The number of halogens is 2. The minimum Gasteiger partial charge on any atom is -0.491 e. The van der Waals surface area contributed by atoms with E-state index in [1.54, 1.807) is 0 Å². The highest BCUT2D eigenvalue weighted by Crippen LogP contribution is 2.31. The van der Waals surface area contributed by atoms with Gasteiger partial charge in [0.2, 0.25) is 0 Å². The van der Waals surface area contributed by atoms with Crippen LogP contribution in [0.5, 0.6) is 5.75 Å². The Balaban J connectivity index is 1.35. The van der Waals surface area contributed by atoms with E-state index in [9.17, 15) is 17.2 Å². The van der Waals surface area contributed by atoms with Crippen molar-refractivity contribution in [2.45, 2.75) is 38.9 Å². The smallest absolute Gasteiger partial charge is 0.279 e. The Morgan fingerprint density at radius 1 is 1.19 bits per heavy atom. The minimum atomic E-state index is -3.43. The zero-order chi connectivity index (χ0) is 22.7. The van der Waals surface area contributed by atoms with Crippen LogP contribution in [0.15, 0.2) is 36.5 Å². The number of nitrogens with one attached hydrogen (secondary N) is 1. The summed E-state index contributed by atoms with van der Waals surface area (Å²) in [6.45, 7) is 3.08. The molecule has 2 aliphatic rings. The van der Waals surface area contributed by atoms with Gasteiger partial charge in [-0.3, -0.25) is 9.88 Å². The number of nitrogens with zero attached hydrogens (tertiary/aromatic N) is 3. The van der Waals surface area contributed by atoms with Crippen molar-refractivity contribution in [1.29, 1.82) is 0 Å². The molecule has 10 heteroatoms. The summed E-state index contributed by atoms with van der Waals surface area (Å²) in [6, 6.07) is 9.62. The molecule has 7 nitrogen and oxygen atoms in total. The van der Waals surface area contributed by atoms with E-state index < -0.39 is 16.6 Å². The first-order valence-corrected chi connectivity index (χ1v) is 12.2. The summed E-state index contributed by atoms with van der Waals surface area (Å²) in [4.78, 5) is 6.55. The monoisotopic (exact) mass is 466 g/mol. The summed E-state index contributed by atoms with van der Waals surface area (Å²) in [5.41, 5.74) is 2.96. The standard InChI is InChI=1S/C22H28F2N4O3S/c1-25-32(29,30)28-8-6-16(7-9-28)15-31-21-11-26-19(10-20(21)22(23)24)14-27-12-17-4-2-3-5-18(17)13-27/h2-5,10-11,16,22,25H,6-9,12-15H2,1H3. The molecule has 1 aromatic heterocycles. The molecule has 0 unspecified atom stereocenters. The Bertz CT molecular complexity index is 1020. The maximum Gasteiger partial charge on any atom is 0.279 e. The average molecular weight is 467 g/mol. The quantitative estimate of drug-likeness (QED) is 0.647. The molecule has 1 N–H and O–H groups in total. The SMILES string of the molecule is CNS(=O)(=O)N1CCC(COc2cnc(CN3Cc4ccccc4C3)cc2C(F)F)CC1. The van der Waals surface area contributed by atoms with Crippen molar-refractivity contribution >= 4 is 10.2 Å². The lowest BCUT2D eigenvalue weighted by Crippen LogP contribution is -2.44. The molecule has 0 amide bonds. The number of aromatic nitrogens is 1. The Kier molecular flexibility index (Phi) is 7.04. The Labute approximate surface area is 187 Å². The number of pyridine rings is 1. The van der Waals surface area contributed by atoms with Gasteiger partial charge in [-0.15, -0.1) is 0 Å². The second-order valence-electron chi connectivity index (χ2n) is 8.29. The van der Waals surface area contributed by atoms with E-state index in [0.29, 0.717) is 38.2 Å². The number of hydrogen-bond donors (Lipinski definition) is 1. The molecular formula is C22H28F2N4O3S. The fourth-order valence-corrected chi connectivity index (χ4v) is 5.23. The third-order valence-electron chi connectivity index (χ3n) is 6.13. The van der Waals surface area contributed by atoms with Gasteiger partial charge in [0, 0.05) is 39.8 Å². The largest absolute Gasteiger partial charge is 0.491 e. The fraction of sp³-hybridized carbons (Fsp3) is 0.500. The Morgan fingerprint density at radius 3 is 2.44 bits per heavy atom. The Hall–Kier alpha value is -2.14. The van der Waals surface area contributed by atoms with Crippen molar-refractivity contribution in [3.63, 3.8) is 0 Å². The first kappa shape index (κ1) is 23.0. The molecule has 4 rings (SSSR count). The van der Waals surface area contributed by atoms with Crippen molar-refractivity contribution < 1.29 is 21.9 Å². The van der Waals surface area contributed by atoms with Gasteiger partial charge in [-0.1, -0.05) is 24.3 Å². The van der Waals surface area contributed by atoms with E-state index in [2.05, 4.69) is 26.7 Å². The molecule has 0 aliphatic carbocycles. The van der Waals surface area contributed by atoms with Crippen LogP contribution in [-0.4, -0.2) is 49.4 Å². The summed E-state index contributed by atoms with van der Waals surface area (Å²) in [7, 11) is -2.05. The molecule has 2 aromatic rings. The van der Waals surface area contributed by atoms with Crippen molar-refractivity contribution in [3.8, 4) is 5.75 Å². The molecule has 32 heavy (non-hydrogen) atoms. The first-order valence-electron chi connectivity index (χ1n) is 10.7. The van der Waals surface area contributed by atoms with E-state index >= 15 is 0 Å². The van der Waals surface area contributed by atoms with Crippen molar-refractivity contribution in [2.75, 3.05) is 26.7 Å². The van der Waals surface area contributed by atoms with Gasteiger partial charge in [-0.25, -0.2) is 13.5 Å². The van der Waals surface area contributed by atoms with E-state index in [4.69, 9.17) is 4.74 Å². The predicted molar refractivity (Wildman–Crippen MR) is 116 cm³/mol. The zero-order valence-corrected chi connectivity index (χ0v) is 18.8. The molecule has 0 atom stereocenters. The summed E-state index contributed by atoms with van der Waals surface area (Å²) >= 11 is 0. The molecule has 1 aromatic carbocycles. The molecule has 0 saturated carbocycles. The third-order valence-corrected chi connectivity index (χ3v) is 7.69. The van der Waals surface area contributed by atoms with Gasteiger partial charge in [-0.05, 0) is 36.0 Å². The minimum absolute atomic E-state index is 0.0961. The topological polar surface area (TPSA) is 74.8 Å². The predicted octanol–water partition coefficient (Wildman–Crippen LogP) is 3.09. The molecule has 0 bridgehead atoms. The van der Waals surface area contributed by atoms with Gasteiger partial charge >= 0.3 is 0 Å². The summed E-state index contributed by atoms with van der Waals surface area (Å²) in [5, 5.41) is 0. The van der Waals surface area contributed by atoms with Gasteiger partial charge in [0.1, 0.15) is 5.75 Å². The lowest BCUT2D eigenvalue weighted by molar-refractivity contribution is 0.137. The molecule has 0 radical (unpaired) electrons. The van der Waals surface area contributed by atoms with Crippen LogP contribution >= 0.6 is 0 Å². The zero-order valence-electron chi connectivity index (χ0n) is 18.0. The lowest BCUT2D eigenvalue weighted by atomic mass is 9.99. The molecule has 1 saturated heterocycles. The van der Waals surface area contributed by atoms with Crippen molar-refractivity contribution in [1.82, 2.24) is 18.9 Å². The van der Waals surface area contributed by atoms with Crippen LogP contribution in [0.4, 0.5) is 8.78 Å². The van der Waals surface area contributed by atoms with Crippen LogP contribution in [0.3, 0.4) is 0 Å². The number of alkyl halides is 2. The summed E-state index contributed by atoms with van der Waals surface area (Å²) in [6.07, 6.45) is -0.0384. The van der Waals surface area contributed by atoms with Gasteiger partial charge in [0.05, 0.1) is 24.1 Å². The third kappa shape index (κ3) is 5.25. The molecule has 3 heterocycles. The van der Waals surface area contributed by atoms with E-state index in [-0.39, 0.29) is 23.8 Å². The van der Waals surface area contributed by atoms with Crippen LogP contribution in [-0.2, 0) is 29.8 Å². The van der Waals surface area contributed by atoms with Crippen LogP contribution in [0.2, 0.25) is 0 Å². The molecular weight excluding hydrogens is 438 g/mol. The van der Waals surface area contributed by atoms with Crippen LogP contribution in [0, 0.1) is 5.92 Å². The number of piperidine rings is 1. The number of hydrogen-bond acceptors (Lipinski definition) is 5. The number of ether oxygens (including phenoxy) is 1. The number of rotatable bonds is 8. The molecule has 1 fully saturated rings. The highest BCUT2D eigenvalue weighted by atomic mass is 32.2. The Morgan fingerprint density at radius 2 is 1.84 bits per heavy atom. The summed E-state index contributed by atoms with van der Waals surface area (Å²) in [5.74, 6) is 0.199. The number of benzene rings is 1. The number of fused-ring (bicyclic) bond motifs is 1. The second kappa shape index (κ2) is 9.78. The van der Waals surface area contributed by atoms with Gasteiger partial charge in [0.25, 0.3) is 16.6 Å². The maximum absolute atomic E-state index is 13.7. The van der Waals surface area contributed by atoms with Crippen LogP contribution < -0.4 is 9.46 Å². The van der Waals surface area contributed by atoms with Crippen molar-refractivity contribution in [3.05, 3.63) is 58.9 Å². The van der Waals surface area contributed by atoms with Crippen LogP contribution in [0.25, 0.3) is 0 Å². The van der Waals surface area contributed by atoms with Gasteiger partial charge in [0.15, 0.2) is 0 Å². The fourth-order valence-electron chi connectivity index (χ4n) is 4.28. The van der Waals surface area contributed by atoms with Crippen molar-refractivity contribution in [2.24, 2.45) is 5.92 Å². The molecule has 2 aliphatic heterocycles. The average Bonchev–Trinajstić information content (AvgIpc) is 3.20. The van der Waals surface area contributed by atoms with Gasteiger partial charge in [-0.2, -0.15) is 12.7 Å². The summed E-state index contributed by atoms with van der Waals surface area (Å²) < 4.78 is 60.6. The highest BCUT2D eigenvalue weighted by molar-refractivity contribution is 7.87.